The van der Waals surface area contributed by atoms with E-state index in [1.165, 1.54) is 5.56 Å². The predicted molar refractivity (Wildman–Crippen MR) is 116 cm³/mol. The third-order valence-corrected chi connectivity index (χ3v) is 5.72. The molecule has 1 fully saturated rings. The third-order valence-electron chi connectivity index (χ3n) is 5.72. The van der Waals surface area contributed by atoms with Crippen LogP contribution in [0.2, 0.25) is 0 Å². The molecule has 1 aliphatic rings. The number of aromatic hydroxyl groups is 1. The Morgan fingerprint density at radius 2 is 1.26 bits per heavy atom. The summed E-state index contributed by atoms with van der Waals surface area (Å²) < 4.78 is 0. The molecule has 1 aliphatic heterocycles. The van der Waals surface area contributed by atoms with Crippen LogP contribution in [0.5, 0.6) is 5.75 Å². The van der Waals surface area contributed by atoms with Crippen LogP contribution in [0, 0.1) is 0 Å². The number of phenols is 1. The summed E-state index contributed by atoms with van der Waals surface area (Å²) in [5, 5.41) is 11.1. The van der Waals surface area contributed by atoms with Crippen molar-refractivity contribution in [3.05, 3.63) is 28.8 Å². The molecule has 1 heterocycles. The maximum Gasteiger partial charge on any atom is 0.123 e. The van der Waals surface area contributed by atoms with Crippen LogP contribution in [-0.4, -0.2) is 73.2 Å². The van der Waals surface area contributed by atoms with E-state index in [1.807, 2.05) is 0 Å². The Balaban J connectivity index is 2.35. The van der Waals surface area contributed by atoms with E-state index >= 15 is 0 Å². The first-order valence-corrected chi connectivity index (χ1v) is 10.3. The van der Waals surface area contributed by atoms with Gasteiger partial charge in [0.15, 0.2) is 0 Å². The van der Waals surface area contributed by atoms with Gasteiger partial charge in [-0.25, -0.2) is 0 Å². The molecule has 4 heteroatoms. The monoisotopic (exact) mass is 375 g/mol. The van der Waals surface area contributed by atoms with E-state index < -0.39 is 0 Å². The van der Waals surface area contributed by atoms with Gasteiger partial charge in [0.05, 0.1) is 0 Å². The lowest BCUT2D eigenvalue weighted by molar-refractivity contribution is 0.225. The van der Waals surface area contributed by atoms with E-state index in [0.29, 0.717) is 5.75 Å². The quantitative estimate of drug-likeness (QED) is 0.854. The fraction of sp³-hybridized carbons (Fsp3) is 0.739. The number of likely N-dealkylation sites (N-methyl/N-ethyl adjacent to an activating group) is 2. The van der Waals surface area contributed by atoms with Crippen molar-refractivity contribution in [3.8, 4) is 5.75 Å². The largest absolute Gasteiger partial charge is 0.507 e. The van der Waals surface area contributed by atoms with E-state index in [2.05, 4.69) is 82.5 Å². The molecule has 0 unspecified atom stereocenters. The molecule has 0 bridgehead atoms. The van der Waals surface area contributed by atoms with Crippen molar-refractivity contribution in [1.29, 1.82) is 0 Å². The molecule has 154 valence electrons. The summed E-state index contributed by atoms with van der Waals surface area (Å²) in [6.45, 7) is 20.5. The lowest BCUT2D eigenvalue weighted by atomic mass is 9.79. The van der Waals surface area contributed by atoms with Crippen LogP contribution < -0.4 is 0 Å². The second kappa shape index (κ2) is 8.50. The molecule has 27 heavy (non-hydrogen) atoms. The van der Waals surface area contributed by atoms with Crippen molar-refractivity contribution >= 4 is 0 Å². The van der Waals surface area contributed by atoms with Gasteiger partial charge in [-0.05, 0) is 36.1 Å². The Labute approximate surface area is 167 Å². The molecule has 1 saturated heterocycles. The van der Waals surface area contributed by atoms with Crippen LogP contribution in [0.25, 0.3) is 0 Å². The molecule has 1 N–H and O–H groups in total. The normalized spacial score (nSPS) is 19.6. The van der Waals surface area contributed by atoms with Gasteiger partial charge in [-0.3, -0.25) is 4.90 Å². The number of nitrogens with zero attached hydrogens (tertiary/aromatic N) is 3. The zero-order valence-electron chi connectivity index (χ0n) is 18.9. The Morgan fingerprint density at radius 1 is 0.778 bits per heavy atom. The molecule has 2 rings (SSSR count). The first-order chi connectivity index (χ1) is 12.4. The summed E-state index contributed by atoms with van der Waals surface area (Å²) in [5.74, 6) is 0.483. The van der Waals surface area contributed by atoms with Crippen LogP contribution in [-0.2, 0) is 17.4 Å². The first kappa shape index (κ1) is 22.2. The molecule has 0 radical (unpaired) electrons. The number of phenolic OH excluding ortho intramolecular Hbond substituents is 1. The predicted octanol–water partition coefficient (Wildman–Crippen LogP) is 3.67. The SMILES string of the molecule is CN1CCN(C)CCN(Cc2cc(C(C)(C)C)cc(C(C)(C)C)c2O)CC1. The topological polar surface area (TPSA) is 30.0 Å². The molecular formula is C23H41N3O. The van der Waals surface area contributed by atoms with E-state index in [4.69, 9.17) is 0 Å². The molecule has 0 saturated carbocycles. The van der Waals surface area contributed by atoms with E-state index in [-0.39, 0.29) is 10.8 Å². The molecule has 1 aromatic rings. The van der Waals surface area contributed by atoms with E-state index in [0.717, 1.165) is 56.9 Å². The molecule has 1 aromatic carbocycles. The molecule has 0 aromatic heterocycles. The minimum atomic E-state index is -0.0751. The molecule has 0 amide bonds. The van der Waals surface area contributed by atoms with Crippen LogP contribution in [0.1, 0.15) is 58.2 Å². The van der Waals surface area contributed by atoms with Crippen molar-refractivity contribution in [1.82, 2.24) is 14.7 Å². The zero-order chi connectivity index (χ0) is 20.4. The number of rotatable bonds is 2. The number of hydrogen-bond donors (Lipinski definition) is 1. The molecular weight excluding hydrogens is 334 g/mol. The van der Waals surface area contributed by atoms with Gasteiger partial charge in [-0.15, -0.1) is 0 Å². The van der Waals surface area contributed by atoms with Gasteiger partial charge < -0.3 is 14.9 Å². The maximum absolute atomic E-state index is 11.1. The Bertz CT molecular complexity index is 614. The van der Waals surface area contributed by atoms with E-state index in [9.17, 15) is 5.11 Å². The molecule has 0 spiro atoms. The fourth-order valence-electron chi connectivity index (χ4n) is 3.52. The van der Waals surface area contributed by atoms with Gasteiger partial charge in [0.25, 0.3) is 0 Å². The second-order valence-corrected chi connectivity index (χ2v) is 10.4. The highest BCUT2D eigenvalue weighted by Crippen LogP contribution is 2.38. The third kappa shape index (κ3) is 6.20. The zero-order valence-corrected chi connectivity index (χ0v) is 18.9. The number of hydrogen-bond acceptors (Lipinski definition) is 4. The van der Waals surface area contributed by atoms with Gasteiger partial charge in [-0.2, -0.15) is 0 Å². The number of benzene rings is 1. The summed E-state index contributed by atoms with van der Waals surface area (Å²) in [6.07, 6.45) is 0. The van der Waals surface area contributed by atoms with Crippen LogP contribution in [0.4, 0.5) is 0 Å². The summed E-state index contributed by atoms with van der Waals surface area (Å²) >= 11 is 0. The van der Waals surface area contributed by atoms with Gasteiger partial charge in [-0.1, -0.05) is 53.7 Å². The van der Waals surface area contributed by atoms with Crippen molar-refractivity contribution < 1.29 is 5.11 Å². The summed E-state index contributed by atoms with van der Waals surface area (Å²) in [4.78, 5) is 7.30. The highest BCUT2D eigenvalue weighted by molar-refractivity contribution is 5.48. The highest BCUT2D eigenvalue weighted by Gasteiger charge is 2.25. The van der Waals surface area contributed by atoms with Crippen molar-refractivity contribution in [2.45, 2.75) is 58.9 Å². The van der Waals surface area contributed by atoms with Crippen molar-refractivity contribution in [3.63, 3.8) is 0 Å². The van der Waals surface area contributed by atoms with Crippen molar-refractivity contribution in [2.24, 2.45) is 0 Å². The minimum Gasteiger partial charge on any atom is -0.507 e. The van der Waals surface area contributed by atoms with Crippen molar-refractivity contribution in [2.75, 3.05) is 53.4 Å². The lowest BCUT2D eigenvalue weighted by Gasteiger charge is -2.30. The maximum atomic E-state index is 11.1. The van der Waals surface area contributed by atoms with Crippen LogP contribution in [0.3, 0.4) is 0 Å². The highest BCUT2D eigenvalue weighted by atomic mass is 16.3. The van der Waals surface area contributed by atoms with Gasteiger partial charge in [0.1, 0.15) is 5.75 Å². The fourth-order valence-corrected chi connectivity index (χ4v) is 3.52. The molecule has 0 aliphatic carbocycles. The average molecular weight is 376 g/mol. The summed E-state index contributed by atoms with van der Waals surface area (Å²) in [7, 11) is 4.40. The summed E-state index contributed by atoms with van der Waals surface area (Å²) in [5.41, 5.74) is 3.42. The minimum absolute atomic E-state index is 0.0661. The second-order valence-electron chi connectivity index (χ2n) is 10.4. The smallest absolute Gasteiger partial charge is 0.123 e. The first-order valence-electron chi connectivity index (χ1n) is 10.3. The van der Waals surface area contributed by atoms with Gasteiger partial charge >= 0.3 is 0 Å². The van der Waals surface area contributed by atoms with E-state index in [1.54, 1.807) is 0 Å². The van der Waals surface area contributed by atoms with Crippen LogP contribution >= 0.6 is 0 Å². The standard InChI is InChI=1S/C23H41N3O/c1-22(2,3)19-15-18(21(27)20(16-19)23(4,5)6)17-26-13-11-24(7)9-10-25(8)12-14-26/h15-16,27H,9-14,17H2,1-8H3. The van der Waals surface area contributed by atoms with Crippen LogP contribution in [0.15, 0.2) is 12.1 Å². The average Bonchev–Trinajstić information content (AvgIpc) is 2.61. The lowest BCUT2D eigenvalue weighted by Crippen LogP contribution is -2.34. The summed E-state index contributed by atoms with van der Waals surface area (Å²) in [6, 6.07) is 4.43. The Morgan fingerprint density at radius 3 is 1.70 bits per heavy atom. The Kier molecular flexibility index (Phi) is 6.99. The molecule has 0 atom stereocenters. The van der Waals surface area contributed by atoms with Gasteiger partial charge in [0.2, 0.25) is 0 Å². The van der Waals surface area contributed by atoms with Gasteiger partial charge in [0, 0.05) is 51.4 Å². The Hall–Kier alpha value is -1.10. The molecule has 4 nitrogen and oxygen atoms in total.